The van der Waals surface area contributed by atoms with Crippen molar-refractivity contribution >= 4 is 21.6 Å². The molecule has 4 heteroatoms. The third-order valence-corrected chi connectivity index (χ3v) is 17.6. The maximum Gasteiger partial charge on any atom is 0.119 e. The van der Waals surface area contributed by atoms with Crippen LogP contribution in [-0.2, 0) is 10.8 Å². The maximum absolute atomic E-state index is 6.21. The van der Waals surface area contributed by atoms with E-state index in [1.165, 1.54) is 159 Å². The normalized spacial score (nSPS) is 14.2. The van der Waals surface area contributed by atoms with Crippen molar-refractivity contribution in [3.63, 3.8) is 0 Å². The van der Waals surface area contributed by atoms with Gasteiger partial charge < -0.3 is 15.2 Å². The molecule has 9 rings (SSSR count). The number of nitrogen functional groups attached to an aromatic ring is 1. The summed E-state index contributed by atoms with van der Waals surface area (Å²) in [5, 5.41) is 0. The first kappa shape index (κ1) is 56.6. The van der Waals surface area contributed by atoms with Crippen LogP contribution in [0.2, 0.25) is 0 Å². The van der Waals surface area contributed by atoms with Crippen molar-refractivity contribution in [1.82, 2.24) is 0 Å². The topological polar surface area (TPSA) is 44.5 Å². The van der Waals surface area contributed by atoms with Crippen LogP contribution < -0.4 is 15.2 Å². The number of halogens is 1. The van der Waals surface area contributed by atoms with Crippen molar-refractivity contribution < 1.29 is 9.47 Å². The molecule has 2 unspecified atom stereocenters. The minimum atomic E-state index is 0.0324. The first-order valence-corrected chi connectivity index (χ1v) is 30.4. The number of nitrogens with two attached hydrogens (primary N) is 1. The summed E-state index contributed by atoms with van der Waals surface area (Å²) in [6.07, 6.45) is 19.3. The summed E-state index contributed by atoms with van der Waals surface area (Å²) >= 11 is 3.75. The van der Waals surface area contributed by atoms with Crippen molar-refractivity contribution in [3.05, 3.63) is 172 Å². The molecule has 2 atom stereocenters. The van der Waals surface area contributed by atoms with Crippen molar-refractivity contribution in [1.29, 1.82) is 0 Å². The zero-order valence-electron chi connectivity index (χ0n) is 47.5. The van der Waals surface area contributed by atoms with Crippen molar-refractivity contribution in [2.45, 2.75) is 169 Å². The molecule has 2 aliphatic rings. The Morgan fingerprint density at radius 2 is 0.697 bits per heavy atom. The minimum Gasteiger partial charge on any atom is -0.493 e. The smallest absolute Gasteiger partial charge is 0.119 e. The fourth-order valence-corrected chi connectivity index (χ4v) is 13.3. The van der Waals surface area contributed by atoms with Crippen LogP contribution in [0.5, 0.6) is 11.5 Å². The summed E-state index contributed by atoms with van der Waals surface area (Å²) in [4.78, 5) is 0. The number of ether oxygens (including phenoxy) is 2. The van der Waals surface area contributed by atoms with E-state index >= 15 is 0 Å². The molecule has 2 aliphatic carbocycles. The van der Waals surface area contributed by atoms with Crippen LogP contribution in [-0.4, -0.2) is 13.2 Å². The van der Waals surface area contributed by atoms with Gasteiger partial charge in [-0.3, -0.25) is 0 Å². The molecule has 7 aromatic carbocycles. The Morgan fingerprint density at radius 3 is 1.03 bits per heavy atom. The van der Waals surface area contributed by atoms with Gasteiger partial charge in [-0.1, -0.05) is 214 Å². The lowest BCUT2D eigenvalue weighted by Gasteiger charge is -2.32. The van der Waals surface area contributed by atoms with Gasteiger partial charge in [0.2, 0.25) is 0 Å². The van der Waals surface area contributed by atoms with Crippen molar-refractivity contribution in [2.75, 3.05) is 18.9 Å². The first-order chi connectivity index (χ1) is 37.1. The first-order valence-electron chi connectivity index (χ1n) is 29.7. The van der Waals surface area contributed by atoms with Gasteiger partial charge in [-0.25, -0.2) is 0 Å². The van der Waals surface area contributed by atoms with Crippen LogP contribution in [0.4, 0.5) is 5.69 Å². The molecule has 7 aromatic rings. The van der Waals surface area contributed by atoms with Crippen LogP contribution in [0.15, 0.2) is 150 Å². The van der Waals surface area contributed by atoms with E-state index in [2.05, 4.69) is 205 Å². The van der Waals surface area contributed by atoms with Crippen molar-refractivity contribution in [3.8, 4) is 67.1 Å². The Morgan fingerprint density at radius 1 is 0.382 bits per heavy atom. The molecule has 76 heavy (non-hydrogen) atoms. The predicted octanol–water partition coefficient (Wildman–Crippen LogP) is 21.6. The van der Waals surface area contributed by atoms with Crippen LogP contribution in [0.25, 0.3) is 55.6 Å². The van der Waals surface area contributed by atoms with Gasteiger partial charge in [0, 0.05) is 21.0 Å². The second kappa shape index (κ2) is 26.7. The van der Waals surface area contributed by atoms with E-state index in [1.807, 2.05) is 12.1 Å². The Hall–Kier alpha value is -5.58. The number of hydrogen-bond donors (Lipinski definition) is 1. The highest BCUT2D eigenvalue weighted by atomic mass is 79.9. The molecule has 0 fully saturated rings. The molecule has 0 amide bonds. The average Bonchev–Trinajstić information content (AvgIpc) is 3.88. The van der Waals surface area contributed by atoms with E-state index in [0.29, 0.717) is 11.8 Å². The lowest BCUT2D eigenvalue weighted by Crippen LogP contribution is -2.25. The SMILES string of the molecule is CCCCC(CC)COc1ccc(-c2ccc3c(c2)C(CCC)(CCC)c2cc(-c4ccc(N)cc4)ccc2-3)cc1.CCCCC(CC)COc1ccc(-c2ccc3c(c2)C(CCC)(CCC)c2cc(Br)ccc2-3)cc1. The molecule has 3 nitrogen and oxygen atoms in total. The highest BCUT2D eigenvalue weighted by molar-refractivity contribution is 9.10. The third kappa shape index (κ3) is 12.4. The van der Waals surface area contributed by atoms with Crippen LogP contribution in [0, 0.1) is 11.8 Å². The molecule has 0 bridgehead atoms. The van der Waals surface area contributed by atoms with E-state index in [9.17, 15) is 0 Å². The van der Waals surface area contributed by atoms with Crippen LogP contribution in [0.1, 0.15) is 180 Å². The number of rotatable bonds is 25. The standard InChI is InChI=1S/C39H47NO.C33H41BrO/c1-5-9-10-28(8-4)27-41-34-19-13-30(14-20-34)32-16-22-36-35-21-15-31(29-11-17-33(40)18-12-29)25-37(35)39(23-6-2,24-7-3)38(36)26-32;1-5-9-10-24(8-4)23-35-28-15-11-25(12-16-28)26-13-17-29-30-18-14-27(34)22-32(30)33(19-6-2,20-7-3)31(29)21-26/h11-22,25-26,28H,5-10,23-24,27,40H2,1-4H3;11-18,21-22,24H,5-10,19-20,23H2,1-4H3. The minimum absolute atomic E-state index is 0.0324. The lowest BCUT2D eigenvalue weighted by molar-refractivity contribution is 0.233. The van der Waals surface area contributed by atoms with Gasteiger partial charge >= 0.3 is 0 Å². The van der Waals surface area contributed by atoms with E-state index in [1.54, 1.807) is 0 Å². The van der Waals surface area contributed by atoms with Gasteiger partial charge in [-0.2, -0.15) is 0 Å². The predicted molar refractivity (Wildman–Crippen MR) is 331 cm³/mol. The molecular weight excluding hydrogens is 991 g/mol. The molecule has 2 N–H and O–H groups in total. The van der Waals surface area contributed by atoms with E-state index in [-0.39, 0.29) is 10.8 Å². The number of hydrogen-bond acceptors (Lipinski definition) is 3. The van der Waals surface area contributed by atoms with Gasteiger partial charge in [0.05, 0.1) is 13.2 Å². The lowest BCUT2D eigenvalue weighted by atomic mass is 9.71. The molecule has 0 aromatic heterocycles. The van der Waals surface area contributed by atoms with Gasteiger partial charge in [0.1, 0.15) is 11.5 Å². The maximum atomic E-state index is 6.21. The van der Waals surface area contributed by atoms with E-state index in [0.717, 1.165) is 56.1 Å². The van der Waals surface area contributed by atoms with Gasteiger partial charge in [-0.15, -0.1) is 0 Å². The summed E-state index contributed by atoms with van der Waals surface area (Å²) in [5.74, 6) is 3.24. The highest BCUT2D eigenvalue weighted by Gasteiger charge is 2.43. The second-order valence-corrected chi connectivity index (χ2v) is 23.2. The third-order valence-electron chi connectivity index (χ3n) is 17.1. The summed E-state index contributed by atoms with van der Waals surface area (Å²) < 4.78 is 13.6. The zero-order chi connectivity index (χ0) is 53.7. The summed E-state index contributed by atoms with van der Waals surface area (Å²) in [5.41, 5.74) is 26.1. The number of unbranched alkanes of at least 4 members (excludes halogenated alkanes) is 2. The van der Waals surface area contributed by atoms with Gasteiger partial charge in [0.25, 0.3) is 0 Å². The summed E-state index contributed by atoms with van der Waals surface area (Å²) in [6.45, 7) is 20.0. The summed E-state index contributed by atoms with van der Waals surface area (Å²) in [6, 6.07) is 54.0. The monoisotopic (exact) mass is 1080 g/mol. The van der Waals surface area contributed by atoms with Gasteiger partial charge in [0.15, 0.2) is 0 Å². The Balaban J connectivity index is 0.000000204. The molecule has 0 saturated carbocycles. The fraction of sp³-hybridized carbons (Fsp3) is 0.417. The average molecular weight is 1080 g/mol. The molecular formula is C72H88BrNO2. The quantitative estimate of drug-likeness (QED) is 0.0580. The molecule has 0 spiro atoms. The molecule has 0 heterocycles. The van der Waals surface area contributed by atoms with Crippen molar-refractivity contribution in [2.24, 2.45) is 11.8 Å². The van der Waals surface area contributed by atoms with E-state index < -0.39 is 0 Å². The number of anilines is 1. The summed E-state index contributed by atoms with van der Waals surface area (Å²) in [7, 11) is 0. The van der Waals surface area contributed by atoms with Crippen LogP contribution >= 0.6 is 15.9 Å². The molecule has 0 radical (unpaired) electrons. The molecule has 400 valence electrons. The fourth-order valence-electron chi connectivity index (χ4n) is 12.9. The number of fused-ring (bicyclic) bond motifs is 6. The van der Waals surface area contributed by atoms with Gasteiger partial charge in [-0.05, 0) is 195 Å². The molecule has 0 saturated heterocycles. The zero-order valence-corrected chi connectivity index (χ0v) is 49.1. The van der Waals surface area contributed by atoms with E-state index in [4.69, 9.17) is 15.2 Å². The Bertz CT molecular complexity index is 2940. The number of benzene rings is 7. The Labute approximate surface area is 467 Å². The van der Waals surface area contributed by atoms with Crippen LogP contribution in [0.3, 0.4) is 0 Å². The second-order valence-electron chi connectivity index (χ2n) is 22.3. The largest absolute Gasteiger partial charge is 0.493 e. The Kier molecular flexibility index (Phi) is 19.9. The highest BCUT2D eigenvalue weighted by Crippen LogP contribution is 2.57. The molecule has 0 aliphatic heterocycles.